The smallest absolute Gasteiger partial charge is 0.360 e. The SMILES string of the molecule is C=C(C)c1cc(C(=O)OCC)no1. The van der Waals surface area contributed by atoms with Crippen LogP contribution in [0, 0.1) is 0 Å². The van der Waals surface area contributed by atoms with Gasteiger partial charge >= 0.3 is 5.97 Å². The number of hydrogen-bond donors (Lipinski definition) is 0. The molecule has 4 heteroatoms. The third-order valence-corrected chi connectivity index (χ3v) is 1.42. The molecule has 4 nitrogen and oxygen atoms in total. The fourth-order valence-corrected chi connectivity index (χ4v) is 0.778. The predicted octanol–water partition coefficient (Wildman–Crippen LogP) is 1.88. The van der Waals surface area contributed by atoms with Crippen LogP contribution in [-0.2, 0) is 4.74 Å². The first-order valence-electron chi connectivity index (χ1n) is 3.95. The number of carbonyl (C=O) groups is 1. The topological polar surface area (TPSA) is 52.3 Å². The number of rotatable bonds is 3. The Morgan fingerprint density at radius 2 is 2.46 bits per heavy atom. The lowest BCUT2D eigenvalue weighted by Crippen LogP contribution is -2.04. The van der Waals surface area contributed by atoms with Gasteiger partial charge < -0.3 is 9.26 Å². The van der Waals surface area contributed by atoms with Gasteiger partial charge in [-0.25, -0.2) is 4.79 Å². The molecule has 0 spiro atoms. The van der Waals surface area contributed by atoms with Crippen molar-refractivity contribution in [3.63, 3.8) is 0 Å². The molecule has 1 aromatic rings. The average molecular weight is 181 g/mol. The minimum atomic E-state index is -0.473. The number of aromatic nitrogens is 1. The summed E-state index contributed by atoms with van der Waals surface area (Å²) in [7, 11) is 0. The predicted molar refractivity (Wildman–Crippen MR) is 47.2 cm³/mol. The van der Waals surface area contributed by atoms with Crippen LogP contribution in [-0.4, -0.2) is 17.7 Å². The standard InChI is InChI=1S/C9H11NO3/c1-4-12-9(11)7-5-8(6(2)3)13-10-7/h5H,2,4H2,1,3H3. The lowest BCUT2D eigenvalue weighted by molar-refractivity contribution is 0.0514. The van der Waals surface area contributed by atoms with Gasteiger partial charge in [-0.2, -0.15) is 0 Å². The van der Waals surface area contributed by atoms with E-state index in [0.717, 1.165) is 5.57 Å². The summed E-state index contributed by atoms with van der Waals surface area (Å²) in [5.41, 5.74) is 0.905. The van der Waals surface area contributed by atoms with Gasteiger partial charge in [-0.05, 0) is 19.4 Å². The molecule has 0 atom stereocenters. The zero-order valence-corrected chi connectivity index (χ0v) is 7.66. The molecule has 0 saturated carbocycles. The summed E-state index contributed by atoms with van der Waals surface area (Å²) in [6.45, 7) is 7.49. The third kappa shape index (κ3) is 2.18. The second-order valence-electron chi connectivity index (χ2n) is 2.58. The van der Waals surface area contributed by atoms with Crippen LogP contribution in [0.1, 0.15) is 30.1 Å². The molecule has 0 aliphatic carbocycles. The van der Waals surface area contributed by atoms with E-state index in [4.69, 9.17) is 9.26 Å². The second kappa shape index (κ2) is 3.89. The zero-order chi connectivity index (χ0) is 9.84. The maximum absolute atomic E-state index is 11.1. The summed E-state index contributed by atoms with van der Waals surface area (Å²) in [6.07, 6.45) is 0. The molecule has 0 aliphatic rings. The van der Waals surface area contributed by atoms with E-state index in [1.807, 2.05) is 0 Å². The molecule has 70 valence electrons. The monoisotopic (exact) mass is 181 g/mol. The number of carbonyl (C=O) groups excluding carboxylic acids is 1. The summed E-state index contributed by atoms with van der Waals surface area (Å²) in [5.74, 6) is 0.0294. The number of hydrogen-bond acceptors (Lipinski definition) is 4. The first kappa shape index (κ1) is 9.51. The summed E-state index contributed by atoms with van der Waals surface area (Å²) in [5, 5.41) is 3.55. The minimum Gasteiger partial charge on any atom is -0.461 e. The summed E-state index contributed by atoms with van der Waals surface area (Å²) >= 11 is 0. The Morgan fingerprint density at radius 3 is 2.92 bits per heavy atom. The minimum absolute atomic E-state index is 0.180. The highest BCUT2D eigenvalue weighted by Gasteiger charge is 2.13. The molecule has 0 fully saturated rings. The largest absolute Gasteiger partial charge is 0.461 e. The van der Waals surface area contributed by atoms with Crippen LogP contribution in [0.5, 0.6) is 0 Å². The molecule has 13 heavy (non-hydrogen) atoms. The fourth-order valence-electron chi connectivity index (χ4n) is 0.778. The van der Waals surface area contributed by atoms with Crippen molar-refractivity contribution in [3.8, 4) is 0 Å². The number of esters is 1. The van der Waals surface area contributed by atoms with Gasteiger partial charge in [0.2, 0.25) is 0 Å². The fraction of sp³-hybridized carbons (Fsp3) is 0.333. The molecule has 0 saturated heterocycles. The Kier molecular flexibility index (Phi) is 2.84. The van der Waals surface area contributed by atoms with E-state index >= 15 is 0 Å². The van der Waals surface area contributed by atoms with Crippen LogP contribution in [0.2, 0.25) is 0 Å². The molecule has 0 bridgehead atoms. The highest BCUT2D eigenvalue weighted by Crippen LogP contribution is 2.12. The normalized spacial score (nSPS) is 9.69. The second-order valence-corrected chi connectivity index (χ2v) is 2.58. The number of nitrogens with zero attached hydrogens (tertiary/aromatic N) is 1. The molecule has 1 rings (SSSR count). The van der Waals surface area contributed by atoms with Crippen LogP contribution in [0.25, 0.3) is 5.57 Å². The van der Waals surface area contributed by atoms with Gasteiger partial charge in [-0.1, -0.05) is 11.7 Å². The Hall–Kier alpha value is -1.58. The van der Waals surface area contributed by atoms with Crippen LogP contribution in [0.15, 0.2) is 17.2 Å². The molecular weight excluding hydrogens is 170 g/mol. The molecule has 0 amide bonds. The first-order valence-corrected chi connectivity index (χ1v) is 3.95. The van der Waals surface area contributed by atoms with Crippen molar-refractivity contribution in [2.75, 3.05) is 6.61 Å². The first-order chi connectivity index (χ1) is 6.15. The van der Waals surface area contributed by atoms with E-state index < -0.39 is 5.97 Å². The van der Waals surface area contributed by atoms with Crippen molar-refractivity contribution in [3.05, 3.63) is 24.1 Å². The van der Waals surface area contributed by atoms with Crippen molar-refractivity contribution in [2.45, 2.75) is 13.8 Å². The summed E-state index contributed by atoms with van der Waals surface area (Å²) in [4.78, 5) is 11.1. The highest BCUT2D eigenvalue weighted by atomic mass is 16.5. The van der Waals surface area contributed by atoms with Crippen molar-refractivity contribution in [1.29, 1.82) is 0 Å². The van der Waals surface area contributed by atoms with E-state index in [9.17, 15) is 4.79 Å². The Balaban J connectivity index is 2.79. The van der Waals surface area contributed by atoms with Crippen LogP contribution in [0.3, 0.4) is 0 Å². The van der Waals surface area contributed by atoms with Crippen molar-refractivity contribution in [2.24, 2.45) is 0 Å². The molecule has 0 radical (unpaired) electrons. The highest BCUT2D eigenvalue weighted by molar-refractivity contribution is 5.87. The van der Waals surface area contributed by atoms with Crippen LogP contribution >= 0.6 is 0 Å². The molecule has 1 heterocycles. The van der Waals surface area contributed by atoms with Gasteiger partial charge in [0.15, 0.2) is 11.5 Å². The Labute approximate surface area is 76.2 Å². The van der Waals surface area contributed by atoms with Crippen LogP contribution in [0.4, 0.5) is 0 Å². The van der Waals surface area contributed by atoms with Crippen LogP contribution < -0.4 is 0 Å². The van der Waals surface area contributed by atoms with Crippen molar-refractivity contribution in [1.82, 2.24) is 5.16 Å². The molecule has 0 unspecified atom stereocenters. The lowest BCUT2D eigenvalue weighted by atomic mass is 10.2. The Morgan fingerprint density at radius 1 is 1.77 bits per heavy atom. The Bertz CT molecular complexity index is 327. The summed E-state index contributed by atoms with van der Waals surface area (Å²) < 4.78 is 9.57. The van der Waals surface area contributed by atoms with Gasteiger partial charge in [0, 0.05) is 6.07 Å². The molecule has 1 aromatic heterocycles. The van der Waals surface area contributed by atoms with Gasteiger partial charge in [0.25, 0.3) is 0 Å². The zero-order valence-electron chi connectivity index (χ0n) is 7.66. The van der Waals surface area contributed by atoms with Gasteiger partial charge in [0.05, 0.1) is 6.61 Å². The number of allylic oxidation sites excluding steroid dienone is 1. The quantitative estimate of drug-likeness (QED) is 0.668. The van der Waals surface area contributed by atoms with E-state index in [2.05, 4.69) is 11.7 Å². The van der Waals surface area contributed by atoms with Gasteiger partial charge in [-0.15, -0.1) is 0 Å². The van der Waals surface area contributed by atoms with E-state index in [1.54, 1.807) is 13.8 Å². The maximum atomic E-state index is 11.1. The third-order valence-electron chi connectivity index (χ3n) is 1.42. The molecule has 0 aliphatic heterocycles. The van der Waals surface area contributed by atoms with E-state index in [-0.39, 0.29) is 5.69 Å². The lowest BCUT2D eigenvalue weighted by Gasteiger charge is -1.94. The summed E-state index contributed by atoms with van der Waals surface area (Å²) in [6, 6.07) is 1.51. The van der Waals surface area contributed by atoms with E-state index in [0.29, 0.717) is 12.4 Å². The van der Waals surface area contributed by atoms with Crippen molar-refractivity contribution >= 4 is 11.5 Å². The number of ether oxygens (including phenoxy) is 1. The van der Waals surface area contributed by atoms with Crippen molar-refractivity contribution < 1.29 is 14.1 Å². The molecule has 0 aromatic carbocycles. The van der Waals surface area contributed by atoms with Gasteiger partial charge in [-0.3, -0.25) is 0 Å². The molecular formula is C9H11NO3. The van der Waals surface area contributed by atoms with Gasteiger partial charge in [0.1, 0.15) is 0 Å². The average Bonchev–Trinajstić information content (AvgIpc) is 2.52. The van der Waals surface area contributed by atoms with E-state index in [1.165, 1.54) is 6.07 Å². The maximum Gasteiger partial charge on any atom is 0.360 e. The molecule has 0 N–H and O–H groups in total.